The molecular formula is C16H28N2. The van der Waals surface area contributed by atoms with Gasteiger partial charge in [-0.15, -0.1) is 0 Å². The summed E-state index contributed by atoms with van der Waals surface area (Å²) in [4.78, 5) is 2.30. The second kappa shape index (κ2) is 6.35. The minimum absolute atomic E-state index is 0.416. The summed E-state index contributed by atoms with van der Waals surface area (Å²) in [6.07, 6.45) is 1.12. The highest BCUT2D eigenvalue weighted by Crippen LogP contribution is 2.32. The van der Waals surface area contributed by atoms with E-state index in [2.05, 4.69) is 58.8 Å². The molecule has 1 aromatic rings. The first kappa shape index (κ1) is 15.2. The van der Waals surface area contributed by atoms with E-state index in [0.29, 0.717) is 12.0 Å². The number of aryl methyl sites for hydroxylation is 1. The maximum absolute atomic E-state index is 5.95. The van der Waals surface area contributed by atoms with Gasteiger partial charge in [0.1, 0.15) is 0 Å². The van der Waals surface area contributed by atoms with Crippen LogP contribution in [0.2, 0.25) is 0 Å². The van der Waals surface area contributed by atoms with Crippen LogP contribution in [-0.4, -0.2) is 25.5 Å². The normalized spacial score (nSPS) is 14.9. The van der Waals surface area contributed by atoms with E-state index in [1.165, 1.54) is 22.3 Å². The smallest absolute Gasteiger partial charge is 0.0384 e. The molecule has 0 saturated carbocycles. The Labute approximate surface area is 112 Å². The Hall–Kier alpha value is -0.860. The molecule has 0 spiro atoms. The minimum atomic E-state index is 0.416. The van der Waals surface area contributed by atoms with Gasteiger partial charge in [-0.2, -0.15) is 0 Å². The van der Waals surface area contributed by atoms with Gasteiger partial charge in [-0.1, -0.05) is 25.5 Å². The molecule has 0 bridgehead atoms. The topological polar surface area (TPSA) is 29.3 Å². The van der Waals surface area contributed by atoms with Crippen LogP contribution in [0.15, 0.2) is 12.1 Å². The SMILES string of the molecule is CCC(CN)C(c1ccc(C)c(C)c1C)N(C)C. The Balaban J connectivity index is 3.26. The Morgan fingerprint density at radius 1 is 1.11 bits per heavy atom. The molecule has 0 saturated heterocycles. The summed E-state index contributed by atoms with van der Waals surface area (Å²) in [6.45, 7) is 9.59. The molecule has 2 heteroatoms. The zero-order valence-electron chi connectivity index (χ0n) is 12.7. The molecule has 1 aromatic carbocycles. The summed E-state index contributed by atoms with van der Waals surface area (Å²) in [5, 5.41) is 0. The minimum Gasteiger partial charge on any atom is -0.330 e. The van der Waals surface area contributed by atoms with Gasteiger partial charge in [0.25, 0.3) is 0 Å². The fraction of sp³-hybridized carbons (Fsp3) is 0.625. The second-order valence-corrected chi connectivity index (χ2v) is 5.53. The third kappa shape index (κ3) is 2.93. The standard InChI is InChI=1S/C16H28N2/c1-7-14(10-17)16(18(5)6)15-9-8-11(2)12(3)13(15)4/h8-9,14,16H,7,10,17H2,1-6H3. The lowest BCUT2D eigenvalue weighted by Crippen LogP contribution is -2.32. The van der Waals surface area contributed by atoms with Crippen molar-refractivity contribution in [2.45, 2.75) is 40.2 Å². The van der Waals surface area contributed by atoms with Gasteiger partial charge in [0.05, 0.1) is 0 Å². The fourth-order valence-electron chi connectivity index (χ4n) is 2.77. The quantitative estimate of drug-likeness (QED) is 0.867. The predicted octanol–water partition coefficient (Wildman–Crippen LogP) is 3.20. The molecule has 102 valence electrons. The first-order valence-corrected chi connectivity index (χ1v) is 6.87. The largest absolute Gasteiger partial charge is 0.330 e. The maximum Gasteiger partial charge on any atom is 0.0384 e. The van der Waals surface area contributed by atoms with Crippen LogP contribution in [0.5, 0.6) is 0 Å². The molecule has 2 nitrogen and oxygen atoms in total. The van der Waals surface area contributed by atoms with Crippen molar-refractivity contribution in [1.82, 2.24) is 4.90 Å². The third-order valence-electron chi connectivity index (χ3n) is 4.25. The van der Waals surface area contributed by atoms with Crippen LogP contribution in [-0.2, 0) is 0 Å². The van der Waals surface area contributed by atoms with E-state index in [9.17, 15) is 0 Å². The Kier molecular flexibility index (Phi) is 5.36. The number of hydrogen-bond acceptors (Lipinski definition) is 2. The summed E-state index contributed by atoms with van der Waals surface area (Å²) in [5.41, 5.74) is 11.6. The molecule has 18 heavy (non-hydrogen) atoms. The Bertz CT molecular complexity index is 392. The summed E-state index contributed by atoms with van der Waals surface area (Å²) in [5.74, 6) is 0.515. The monoisotopic (exact) mass is 248 g/mol. The van der Waals surface area contributed by atoms with Gasteiger partial charge in [0, 0.05) is 6.04 Å². The molecule has 0 aliphatic rings. The van der Waals surface area contributed by atoms with Gasteiger partial charge in [0.2, 0.25) is 0 Å². The lowest BCUT2D eigenvalue weighted by molar-refractivity contribution is 0.210. The van der Waals surface area contributed by atoms with Crippen LogP contribution >= 0.6 is 0 Å². The Morgan fingerprint density at radius 2 is 1.72 bits per heavy atom. The summed E-state index contributed by atoms with van der Waals surface area (Å²) >= 11 is 0. The molecule has 0 radical (unpaired) electrons. The molecule has 2 N–H and O–H groups in total. The van der Waals surface area contributed by atoms with Crippen molar-refractivity contribution < 1.29 is 0 Å². The molecule has 0 amide bonds. The van der Waals surface area contributed by atoms with Crippen LogP contribution < -0.4 is 5.73 Å². The number of hydrogen-bond donors (Lipinski definition) is 1. The molecule has 0 aliphatic carbocycles. The van der Waals surface area contributed by atoms with Crippen molar-refractivity contribution in [2.24, 2.45) is 11.7 Å². The average molecular weight is 248 g/mol. The first-order valence-electron chi connectivity index (χ1n) is 6.87. The van der Waals surface area contributed by atoms with E-state index in [-0.39, 0.29) is 0 Å². The fourth-order valence-corrected chi connectivity index (χ4v) is 2.77. The van der Waals surface area contributed by atoms with E-state index < -0.39 is 0 Å². The third-order valence-corrected chi connectivity index (χ3v) is 4.25. The van der Waals surface area contributed by atoms with Crippen LogP contribution in [0.4, 0.5) is 0 Å². The van der Waals surface area contributed by atoms with Gasteiger partial charge in [0.15, 0.2) is 0 Å². The molecule has 0 fully saturated rings. The van der Waals surface area contributed by atoms with Crippen LogP contribution in [0, 0.1) is 26.7 Å². The highest BCUT2D eigenvalue weighted by molar-refractivity contribution is 5.40. The molecular weight excluding hydrogens is 220 g/mol. The van der Waals surface area contributed by atoms with Gasteiger partial charge in [-0.3, -0.25) is 0 Å². The number of benzene rings is 1. The van der Waals surface area contributed by atoms with E-state index in [1.807, 2.05) is 0 Å². The molecule has 2 unspecified atom stereocenters. The lowest BCUT2D eigenvalue weighted by Gasteiger charge is -2.33. The maximum atomic E-state index is 5.95. The second-order valence-electron chi connectivity index (χ2n) is 5.53. The van der Waals surface area contributed by atoms with Gasteiger partial charge < -0.3 is 10.6 Å². The van der Waals surface area contributed by atoms with Gasteiger partial charge in [-0.05, 0) is 69.6 Å². The van der Waals surface area contributed by atoms with E-state index in [1.54, 1.807) is 0 Å². The van der Waals surface area contributed by atoms with Crippen molar-refractivity contribution in [3.05, 3.63) is 34.4 Å². The summed E-state index contributed by atoms with van der Waals surface area (Å²) < 4.78 is 0. The van der Waals surface area contributed by atoms with Crippen LogP contribution in [0.1, 0.15) is 41.6 Å². The van der Waals surface area contributed by atoms with E-state index in [0.717, 1.165) is 13.0 Å². The predicted molar refractivity (Wildman–Crippen MR) is 79.9 cm³/mol. The Morgan fingerprint density at radius 3 is 2.17 bits per heavy atom. The van der Waals surface area contributed by atoms with Crippen LogP contribution in [0.25, 0.3) is 0 Å². The van der Waals surface area contributed by atoms with E-state index in [4.69, 9.17) is 5.73 Å². The molecule has 0 aliphatic heterocycles. The van der Waals surface area contributed by atoms with Gasteiger partial charge in [-0.25, -0.2) is 0 Å². The molecule has 0 heterocycles. The summed E-state index contributed by atoms with van der Waals surface area (Å²) in [7, 11) is 4.30. The molecule has 0 aromatic heterocycles. The lowest BCUT2D eigenvalue weighted by atomic mass is 9.85. The van der Waals surface area contributed by atoms with E-state index >= 15 is 0 Å². The van der Waals surface area contributed by atoms with Crippen molar-refractivity contribution in [3.63, 3.8) is 0 Å². The van der Waals surface area contributed by atoms with Crippen molar-refractivity contribution in [3.8, 4) is 0 Å². The number of nitrogens with zero attached hydrogens (tertiary/aromatic N) is 1. The van der Waals surface area contributed by atoms with Crippen molar-refractivity contribution in [1.29, 1.82) is 0 Å². The number of nitrogens with two attached hydrogens (primary N) is 1. The van der Waals surface area contributed by atoms with Crippen molar-refractivity contribution in [2.75, 3.05) is 20.6 Å². The zero-order valence-corrected chi connectivity index (χ0v) is 12.7. The first-order chi connectivity index (χ1) is 8.43. The van der Waals surface area contributed by atoms with Crippen molar-refractivity contribution >= 4 is 0 Å². The highest BCUT2D eigenvalue weighted by Gasteiger charge is 2.24. The van der Waals surface area contributed by atoms with Gasteiger partial charge >= 0.3 is 0 Å². The summed E-state index contributed by atoms with van der Waals surface area (Å²) in [6, 6.07) is 4.93. The van der Waals surface area contributed by atoms with Crippen LogP contribution in [0.3, 0.4) is 0 Å². The average Bonchev–Trinajstić information content (AvgIpc) is 2.34. The molecule has 1 rings (SSSR count). The number of rotatable bonds is 5. The highest BCUT2D eigenvalue weighted by atomic mass is 15.1. The zero-order chi connectivity index (χ0) is 13.9. The molecule has 2 atom stereocenters.